The molecule has 0 unspecified atom stereocenters. The fraction of sp³-hybridized carbons (Fsp3) is 0.348. The van der Waals surface area contributed by atoms with Crippen LogP contribution in [0.4, 0.5) is 29.2 Å². The van der Waals surface area contributed by atoms with Crippen molar-refractivity contribution in [2.24, 2.45) is 0 Å². The number of rotatable bonds is 9. The highest BCUT2D eigenvalue weighted by Gasteiger charge is 2.27. The Kier molecular flexibility index (Phi) is 8.28. The van der Waals surface area contributed by atoms with Crippen LogP contribution in [-0.2, 0) is 10.2 Å². The van der Waals surface area contributed by atoms with Crippen molar-refractivity contribution in [1.29, 1.82) is 0 Å². The molecule has 4 rings (SSSR count). The van der Waals surface area contributed by atoms with Crippen molar-refractivity contribution >= 4 is 21.8 Å². The standard InChI is InChI=1S/C23H25F4N7O3S/c1-3-34(2)38(35,36)33-21-16(25)10-18(19(26)20(21)27)37-22-15(5-4-7-29-22)17-6-8-30-23(32-17)31-14-9-13(24)11-28-12-14/h4-8,10,13-14,28,33H,3,9,11-12H2,1-2H3,(H,30,31,32)/t13-,14-/m0/s1. The molecule has 0 aliphatic carbocycles. The van der Waals surface area contributed by atoms with Crippen LogP contribution in [0.5, 0.6) is 11.6 Å². The van der Waals surface area contributed by atoms with Gasteiger partial charge in [-0.25, -0.2) is 28.1 Å². The molecule has 0 radical (unpaired) electrons. The van der Waals surface area contributed by atoms with E-state index in [-0.39, 0.29) is 42.9 Å². The molecule has 0 saturated carbocycles. The maximum atomic E-state index is 14.9. The van der Waals surface area contributed by atoms with Crippen LogP contribution in [0.25, 0.3) is 11.3 Å². The minimum absolute atomic E-state index is 0.0128. The third kappa shape index (κ3) is 6.11. The molecule has 3 N–H and O–H groups in total. The van der Waals surface area contributed by atoms with Gasteiger partial charge in [0, 0.05) is 57.6 Å². The Morgan fingerprint density at radius 2 is 1.95 bits per heavy atom. The summed E-state index contributed by atoms with van der Waals surface area (Å²) in [6.45, 7) is 2.32. The Bertz CT molecular complexity index is 1410. The average molecular weight is 556 g/mol. The van der Waals surface area contributed by atoms with E-state index in [1.807, 2.05) is 0 Å². The number of pyridine rings is 1. The number of hydrogen-bond donors (Lipinski definition) is 3. The van der Waals surface area contributed by atoms with Crippen LogP contribution >= 0.6 is 0 Å². The van der Waals surface area contributed by atoms with Crippen molar-refractivity contribution in [1.82, 2.24) is 24.6 Å². The molecule has 0 bridgehead atoms. The molecule has 2 aromatic heterocycles. The molecule has 1 aromatic carbocycles. The second-order valence-electron chi connectivity index (χ2n) is 8.44. The predicted octanol–water partition coefficient (Wildman–Crippen LogP) is 3.47. The first-order valence-corrected chi connectivity index (χ1v) is 13.0. The Morgan fingerprint density at radius 1 is 1.16 bits per heavy atom. The van der Waals surface area contributed by atoms with E-state index in [2.05, 4.69) is 25.6 Å². The molecular formula is C23H25F4N7O3S. The van der Waals surface area contributed by atoms with Crippen molar-refractivity contribution in [2.75, 3.05) is 36.7 Å². The van der Waals surface area contributed by atoms with Crippen molar-refractivity contribution in [3.05, 3.63) is 54.1 Å². The summed E-state index contributed by atoms with van der Waals surface area (Å²) in [6.07, 6.45) is 2.03. The van der Waals surface area contributed by atoms with E-state index >= 15 is 0 Å². The minimum Gasteiger partial charge on any atom is -0.435 e. The van der Waals surface area contributed by atoms with E-state index in [0.717, 1.165) is 4.31 Å². The number of anilines is 2. The molecule has 0 spiro atoms. The zero-order valence-corrected chi connectivity index (χ0v) is 21.2. The smallest absolute Gasteiger partial charge is 0.301 e. The Labute approximate surface area is 216 Å². The van der Waals surface area contributed by atoms with Crippen molar-refractivity contribution in [3.63, 3.8) is 0 Å². The lowest BCUT2D eigenvalue weighted by molar-refractivity contribution is 0.254. The maximum Gasteiger partial charge on any atom is 0.301 e. The van der Waals surface area contributed by atoms with Crippen LogP contribution in [0, 0.1) is 17.5 Å². The molecule has 10 nitrogen and oxygen atoms in total. The number of alkyl halides is 1. The van der Waals surface area contributed by atoms with E-state index in [9.17, 15) is 26.0 Å². The van der Waals surface area contributed by atoms with Crippen LogP contribution in [-0.4, -0.2) is 66.6 Å². The van der Waals surface area contributed by atoms with Crippen molar-refractivity contribution < 1.29 is 30.7 Å². The molecule has 15 heteroatoms. The molecule has 1 aliphatic heterocycles. The van der Waals surface area contributed by atoms with Gasteiger partial charge in [0.2, 0.25) is 17.6 Å². The highest BCUT2D eigenvalue weighted by atomic mass is 32.2. The fourth-order valence-electron chi connectivity index (χ4n) is 3.65. The van der Waals surface area contributed by atoms with E-state index in [4.69, 9.17) is 4.74 Å². The van der Waals surface area contributed by atoms with Crippen LogP contribution in [0.3, 0.4) is 0 Å². The van der Waals surface area contributed by atoms with E-state index in [1.165, 1.54) is 32.4 Å². The van der Waals surface area contributed by atoms with Crippen molar-refractivity contribution in [2.45, 2.75) is 25.6 Å². The van der Waals surface area contributed by atoms with Gasteiger partial charge in [-0.05, 0) is 18.2 Å². The second-order valence-corrected chi connectivity index (χ2v) is 10.2. The van der Waals surface area contributed by atoms with Gasteiger partial charge in [-0.1, -0.05) is 6.92 Å². The Morgan fingerprint density at radius 3 is 2.68 bits per heavy atom. The largest absolute Gasteiger partial charge is 0.435 e. The van der Waals surface area contributed by atoms with Crippen molar-refractivity contribution in [3.8, 4) is 22.9 Å². The molecule has 204 valence electrons. The summed E-state index contributed by atoms with van der Waals surface area (Å²) < 4.78 is 90.3. The van der Waals surface area contributed by atoms with E-state index in [0.29, 0.717) is 18.3 Å². The average Bonchev–Trinajstić information content (AvgIpc) is 2.89. The van der Waals surface area contributed by atoms with Gasteiger partial charge in [0.1, 0.15) is 11.9 Å². The third-order valence-electron chi connectivity index (χ3n) is 5.75. The molecule has 1 fully saturated rings. The van der Waals surface area contributed by atoms with Gasteiger partial charge in [0.05, 0.1) is 11.3 Å². The number of nitrogens with one attached hydrogen (secondary N) is 3. The topological polar surface area (TPSA) is 121 Å². The molecule has 1 saturated heterocycles. The van der Waals surface area contributed by atoms with Gasteiger partial charge in [-0.2, -0.15) is 17.1 Å². The summed E-state index contributed by atoms with van der Waals surface area (Å²) in [5, 5.41) is 6.01. The van der Waals surface area contributed by atoms with Gasteiger partial charge in [0.25, 0.3) is 0 Å². The first-order valence-electron chi connectivity index (χ1n) is 11.6. The predicted molar refractivity (Wildman–Crippen MR) is 132 cm³/mol. The second kappa shape index (κ2) is 11.4. The Hall–Kier alpha value is -3.56. The minimum atomic E-state index is -4.32. The quantitative estimate of drug-likeness (QED) is 0.271. The summed E-state index contributed by atoms with van der Waals surface area (Å²) in [6, 6.07) is 4.88. The number of aromatic nitrogens is 3. The summed E-state index contributed by atoms with van der Waals surface area (Å²) >= 11 is 0. The molecular weight excluding hydrogens is 530 g/mol. The molecule has 3 aromatic rings. The molecule has 0 amide bonds. The highest BCUT2D eigenvalue weighted by Crippen LogP contribution is 2.35. The normalized spacial score (nSPS) is 17.9. The van der Waals surface area contributed by atoms with Gasteiger partial charge in [-0.3, -0.25) is 4.72 Å². The lowest BCUT2D eigenvalue weighted by atomic mass is 10.1. The van der Waals surface area contributed by atoms with Crippen LogP contribution in [0.15, 0.2) is 36.7 Å². The number of benzene rings is 1. The summed E-state index contributed by atoms with van der Waals surface area (Å²) in [5.74, 6) is -5.69. The number of hydrogen-bond acceptors (Lipinski definition) is 8. The van der Waals surface area contributed by atoms with Crippen LogP contribution in [0.2, 0.25) is 0 Å². The summed E-state index contributed by atoms with van der Waals surface area (Å²) in [5.41, 5.74) is -0.646. The molecule has 1 aliphatic rings. The molecule has 3 heterocycles. The first-order chi connectivity index (χ1) is 18.1. The SMILES string of the molecule is CCN(C)S(=O)(=O)Nc1c(F)cc(Oc2ncccc2-c2ccnc(N[C@@H]3CNC[C@@H](F)C3)n2)c(F)c1F. The monoisotopic (exact) mass is 555 g/mol. The zero-order valence-electron chi connectivity index (χ0n) is 20.4. The lowest BCUT2D eigenvalue weighted by Crippen LogP contribution is -2.44. The Balaban J connectivity index is 1.61. The number of nitrogens with zero attached hydrogens (tertiary/aromatic N) is 4. The zero-order chi connectivity index (χ0) is 27.4. The third-order valence-corrected chi connectivity index (χ3v) is 7.29. The fourth-order valence-corrected chi connectivity index (χ4v) is 4.59. The van der Waals surface area contributed by atoms with Gasteiger partial charge in [-0.15, -0.1) is 0 Å². The number of ether oxygens (including phenoxy) is 1. The van der Waals surface area contributed by atoms with Gasteiger partial charge in [0.15, 0.2) is 17.4 Å². The van der Waals surface area contributed by atoms with Gasteiger partial charge < -0.3 is 15.4 Å². The van der Waals surface area contributed by atoms with Crippen LogP contribution in [0.1, 0.15) is 13.3 Å². The van der Waals surface area contributed by atoms with Crippen LogP contribution < -0.4 is 20.1 Å². The maximum absolute atomic E-state index is 14.9. The number of halogens is 4. The molecule has 38 heavy (non-hydrogen) atoms. The number of piperidine rings is 1. The summed E-state index contributed by atoms with van der Waals surface area (Å²) in [4.78, 5) is 12.6. The first kappa shape index (κ1) is 27.5. The van der Waals surface area contributed by atoms with E-state index < -0.39 is 45.3 Å². The highest BCUT2D eigenvalue weighted by molar-refractivity contribution is 7.90. The summed E-state index contributed by atoms with van der Waals surface area (Å²) in [7, 11) is -3.13. The van der Waals surface area contributed by atoms with E-state index in [1.54, 1.807) is 16.9 Å². The lowest BCUT2D eigenvalue weighted by Gasteiger charge is -2.26. The van der Waals surface area contributed by atoms with Gasteiger partial charge >= 0.3 is 10.2 Å². The molecule has 2 atom stereocenters.